The number of rotatable bonds is 3. The van der Waals surface area contributed by atoms with Gasteiger partial charge >= 0.3 is 0 Å². The van der Waals surface area contributed by atoms with E-state index in [2.05, 4.69) is 11.8 Å². The van der Waals surface area contributed by atoms with Crippen molar-refractivity contribution in [3.8, 4) is 0 Å². The summed E-state index contributed by atoms with van der Waals surface area (Å²) >= 11 is 0. The Hall–Kier alpha value is -0.120. The van der Waals surface area contributed by atoms with E-state index in [-0.39, 0.29) is 0 Å². The lowest BCUT2D eigenvalue weighted by atomic mass is 9.96. The smallest absolute Gasteiger partial charge is 0.0599 e. The summed E-state index contributed by atoms with van der Waals surface area (Å²) in [6.07, 6.45) is 6.87. The van der Waals surface area contributed by atoms with Crippen molar-refractivity contribution in [2.45, 2.75) is 57.2 Å². The highest BCUT2D eigenvalue weighted by Gasteiger charge is 2.35. The molecule has 2 rings (SSSR count). The Balaban J connectivity index is 1.93. The molecule has 0 aromatic rings. The number of methoxy groups -OCH3 is 1. The van der Waals surface area contributed by atoms with Crippen LogP contribution in [0.2, 0.25) is 0 Å². The number of ether oxygens (including phenoxy) is 1. The highest BCUT2D eigenvalue weighted by molar-refractivity contribution is 4.90. The van der Waals surface area contributed by atoms with Crippen LogP contribution in [0.4, 0.5) is 0 Å². The molecule has 0 amide bonds. The third kappa shape index (κ3) is 2.58. The fourth-order valence-corrected chi connectivity index (χ4v) is 3.44. The maximum Gasteiger partial charge on any atom is 0.0599 e. The highest BCUT2D eigenvalue weighted by Crippen LogP contribution is 2.32. The Kier molecular flexibility index (Phi) is 4.22. The van der Waals surface area contributed by atoms with Crippen molar-refractivity contribution in [2.24, 2.45) is 11.7 Å². The quantitative estimate of drug-likeness (QED) is 0.794. The molecule has 0 aromatic carbocycles. The zero-order chi connectivity index (χ0) is 11.5. The van der Waals surface area contributed by atoms with Crippen LogP contribution in [0.5, 0.6) is 0 Å². The zero-order valence-corrected chi connectivity index (χ0v) is 10.7. The summed E-state index contributed by atoms with van der Waals surface area (Å²) in [5.74, 6) is 0.906. The lowest BCUT2D eigenvalue weighted by Crippen LogP contribution is -2.52. The second-order valence-electron chi connectivity index (χ2n) is 5.58. The molecule has 94 valence electrons. The minimum Gasteiger partial charge on any atom is -0.381 e. The minimum absolute atomic E-state index is 0.434. The largest absolute Gasteiger partial charge is 0.381 e. The van der Waals surface area contributed by atoms with E-state index in [1.54, 1.807) is 0 Å². The Labute approximate surface area is 99.3 Å². The van der Waals surface area contributed by atoms with Gasteiger partial charge < -0.3 is 10.5 Å². The molecule has 1 aliphatic carbocycles. The van der Waals surface area contributed by atoms with Crippen molar-refractivity contribution in [1.82, 2.24) is 4.90 Å². The van der Waals surface area contributed by atoms with Crippen LogP contribution in [0.25, 0.3) is 0 Å². The van der Waals surface area contributed by atoms with E-state index in [4.69, 9.17) is 10.5 Å². The molecule has 0 spiro atoms. The van der Waals surface area contributed by atoms with E-state index in [0.29, 0.717) is 12.1 Å². The van der Waals surface area contributed by atoms with Crippen LogP contribution in [0, 0.1) is 5.92 Å². The van der Waals surface area contributed by atoms with Crippen LogP contribution in [0.1, 0.15) is 39.0 Å². The number of nitrogens with two attached hydrogens (primary N) is 1. The summed E-state index contributed by atoms with van der Waals surface area (Å²) in [4.78, 5) is 2.67. The molecule has 16 heavy (non-hydrogen) atoms. The zero-order valence-electron chi connectivity index (χ0n) is 10.7. The van der Waals surface area contributed by atoms with Gasteiger partial charge in [0.05, 0.1) is 6.10 Å². The van der Waals surface area contributed by atoms with Gasteiger partial charge in [-0.15, -0.1) is 0 Å². The second-order valence-corrected chi connectivity index (χ2v) is 5.58. The average molecular weight is 226 g/mol. The fraction of sp³-hybridized carbons (Fsp3) is 1.00. The predicted octanol–water partition coefficient (Wildman–Crippen LogP) is 1.61. The van der Waals surface area contributed by atoms with Crippen LogP contribution in [0.15, 0.2) is 0 Å². The molecule has 2 aliphatic rings. The molecule has 0 aromatic heterocycles. The summed E-state index contributed by atoms with van der Waals surface area (Å²) in [6.45, 7) is 4.34. The van der Waals surface area contributed by atoms with Crippen LogP contribution in [0.3, 0.4) is 0 Å². The van der Waals surface area contributed by atoms with Gasteiger partial charge in [-0.05, 0) is 38.0 Å². The first-order chi connectivity index (χ1) is 7.74. The first kappa shape index (κ1) is 12.3. The molecule has 2 N–H and O–H groups in total. The molecule has 1 aliphatic heterocycles. The van der Waals surface area contributed by atoms with Crippen LogP contribution < -0.4 is 5.73 Å². The molecule has 1 heterocycles. The summed E-state index contributed by atoms with van der Waals surface area (Å²) in [6, 6.07) is 1.34. The van der Waals surface area contributed by atoms with Crippen LogP contribution >= 0.6 is 0 Å². The van der Waals surface area contributed by atoms with Gasteiger partial charge in [-0.25, -0.2) is 0 Å². The average Bonchev–Trinajstić information content (AvgIpc) is 2.74. The van der Waals surface area contributed by atoms with Gasteiger partial charge in [0.25, 0.3) is 0 Å². The molecule has 0 radical (unpaired) electrons. The lowest BCUT2D eigenvalue weighted by molar-refractivity contribution is -0.00357. The van der Waals surface area contributed by atoms with Crippen LogP contribution in [-0.2, 0) is 4.74 Å². The van der Waals surface area contributed by atoms with Crippen molar-refractivity contribution in [1.29, 1.82) is 0 Å². The molecular formula is C13H26N2O. The van der Waals surface area contributed by atoms with Gasteiger partial charge in [0.15, 0.2) is 0 Å². The van der Waals surface area contributed by atoms with Crippen molar-refractivity contribution in [2.75, 3.05) is 20.2 Å². The molecule has 2 fully saturated rings. The first-order valence-electron chi connectivity index (χ1n) is 6.73. The number of likely N-dealkylation sites (tertiary alicyclic amines) is 1. The van der Waals surface area contributed by atoms with Gasteiger partial charge in [0.2, 0.25) is 0 Å². The monoisotopic (exact) mass is 226 g/mol. The standard InChI is InChI=1S/C13H26N2O/c1-10-3-4-11(7-10)15-6-5-13(16-2)8-12(15)9-14/h10-13H,3-9,14H2,1-2H3. The van der Waals surface area contributed by atoms with Gasteiger partial charge in [-0.1, -0.05) is 6.92 Å². The molecule has 1 saturated carbocycles. The highest BCUT2D eigenvalue weighted by atomic mass is 16.5. The molecule has 0 bridgehead atoms. The van der Waals surface area contributed by atoms with Gasteiger partial charge in [0, 0.05) is 32.3 Å². The van der Waals surface area contributed by atoms with Crippen molar-refractivity contribution >= 4 is 0 Å². The first-order valence-corrected chi connectivity index (χ1v) is 6.73. The van der Waals surface area contributed by atoms with Crippen molar-refractivity contribution < 1.29 is 4.74 Å². The summed E-state index contributed by atoms with van der Waals surface area (Å²) in [5.41, 5.74) is 5.92. The van der Waals surface area contributed by atoms with Crippen LogP contribution in [-0.4, -0.2) is 43.3 Å². The number of hydrogen-bond donors (Lipinski definition) is 1. The van der Waals surface area contributed by atoms with Crippen molar-refractivity contribution in [3.05, 3.63) is 0 Å². The molecule has 3 heteroatoms. The summed E-state index contributed by atoms with van der Waals surface area (Å²) in [5, 5.41) is 0. The van der Waals surface area contributed by atoms with Gasteiger partial charge in [0.1, 0.15) is 0 Å². The van der Waals surface area contributed by atoms with E-state index in [9.17, 15) is 0 Å². The third-order valence-corrected chi connectivity index (χ3v) is 4.45. The Morgan fingerprint density at radius 3 is 2.62 bits per heavy atom. The molecule has 4 atom stereocenters. The second kappa shape index (κ2) is 5.48. The molecule has 1 saturated heterocycles. The Morgan fingerprint density at radius 2 is 2.06 bits per heavy atom. The molecule has 4 unspecified atom stereocenters. The van der Waals surface area contributed by atoms with E-state index >= 15 is 0 Å². The number of nitrogens with zero attached hydrogens (tertiary/aromatic N) is 1. The normalized spacial score (nSPS) is 41.4. The minimum atomic E-state index is 0.434. The molecular weight excluding hydrogens is 200 g/mol. The maximum absolute atomic E-state index is 5.92. The van der Waals surface area contributed by atoms with E-state index in [1.807, 2.05) is 7.11 Å². The topological polar surface area (TPSA) is 38.5 Å². The van der Waals surface area contributed by atoms with Gasteiger partial charge in [-0.3, -0.25) is 4.90 Å². The third-order valence-electron chi connectivity index (χ3n) is 4.45. The fourth-order valence-electron chi connectivity index (χ4n) is 3.44. The number of piperidine rings is 1. The van der Waals surface area contributed by atoms with E-state index in [1.165, 1.54) is 32.2 Å². The predicted molar refractivity (Wildman–Crippen MR) is 66.4 cm³/mol. The summed E-state index contributed by atoms with van der Waals surface area (Å²) < 4.78 is 5.47. The van der Waals surface area contributed by atoms with Crippen molar-refractivity contribution in [3.63, 3.8) is 0 Å². The van der Waals surface area contributed by atoms with E-state index < -0.39 is 0 Å². The lowest BCUT2D eigenvalue weighted by Gasteiger charge is -2.42. The van der Waals surface area contributed by atoms with E-state index in [0.717, 1.165) is 24.9 Å². The molecule has 3 nitrogen and oxygen atoms in total. The summed E-state index contributed by atoms with van der Waals surface area (Å²) in [7, 11) is 1.82. The Morgan fingerprint density at radius 1 is 1.25 bits per heavy atom. The maximum atomic E-state index is 5.92. The van der Waals surface area contributed by atoms with Gasteiger partial charge in [-0.2, -0.15) is 0 Å². The number of hydrogen-bond acceptors (Lipinski definition) is 3. The SMILES string of the molecule is COC1CCN(C2CCC(C)C2)C(CN)C1. The Bertz CT molecular complexity index is 222.